The van der Waals surface area contributed by atoms with Crippen molar-refractivity contribution in [2.45, 2.75) is 31.6 Å². The van der Waals surface area contributed by atoms with Crippen LogP contribution in [0.15, 0.2) is 18.2 Å². The predicted molar refractivity (Wildman–Crippen MR) is 72.2 cm³/mol. The Labute approximate surface area is 118 Å². The van der Waals surface area contributed by atoms with Gasteiger partial charge in [-0.2, -0.15) is 0 Å². The van der Waals surface area contributed by atoms with E-state index in [1.165, 1.54) is 6.07 Å². The molecular formula is C13H14BrF2N3. The first-order valence-electron chi connectivity index (χ1n) is 5.96. The van der Waals surface area contributed by atoms with Crippen LogP contribution in [-0.2, 0) is 11.8 Å². The molecule has 0 amide bonds. The quantitative estimate of drug-likeness (QED) is 0.802. The maximum absolute atomic E-state index is 13.7. The lowest BCUT2D eigenvalue weighted by Gasteiger charge is -2.13. The molecule has 0 saturated heterocycles. The van der Waals surface area contributed by atoms with Crippen molar-refractivity contribution in [3.8, 4) is 0 Å². The summed E-state index contributed by atoms with van der Waals surface area (Å²) in [7, 11) is 0. The molecule has 0 spiro atoms. The maximum Gasteiger partial charge on any atom is 0.162 e. The molecule has 0 saturated carbocycles. The number of rotatable bonds is 4. The molecule has 3 nitrogen and oxygen atoms in total. The van der Waals surface area contributed by atoms with E-state index in [1.54, 1.807) is 6.07 Å². The van der Waals surface area contributed by atoms with Crippen LogP contribution in [0.5, 0.6) is 0 Å². The van der Waals surface area contributed by atoms with Crippen LogP contribution in [0.25, 0.3) is 0 Å². The van der Waals surface area contributed by atoms with Gasteiger partial charge >= 0.3 is 0 Å². The summed E-state index contributed by atoms with van der Waals surface area (Å²) in [6, 6.07) is 4.32. The van der Waals surface area contributed by atoms with Crippen molar-refractivity contribution in [3.05, 3.63) is 47.0 Å². The first-order valence-corrected chi connectivity index (χ1v) is 7.08. The van der Waals surface area contributed by atoms with Crippen molar-refractivity contribution in [1.82, 2.24) is 14.8 Å². The van der Waals surface area contributed by atoms with Gasteiger partial charge in [-0.15, -0.1) is 10.2 Å². The van der Waals surface area contributed by atoms with Gasteiger partial charge in [0, 0.05) is 12.5 Å². The highest BCUT2D eigenvalue weighted by atomic mass is 79.9. The number of alkyl halides is 1. The summed E-state index contributed by atoms with van der Waals surface area (Å²) in [4.78, 5) is 0. The molecule has 0 fully saturated rings. The molecule has 102 valence electrons. The second-order valence-electron chi connectivity index (χ2n) is 4.52. The molecule has 0 aliphatic carbocycles. The Kier molecular flexibility index (Phi) is 4.29. The third-order valence-corrected chi connectivity index (χ3v) is 3.35. The van der Waals surface area contributed by atoms with E-state index in [0.29, 0.717) is 11.2 Å². The lowest BCUT2D eigenvalue weighted by atomic mass is 10.1. The van der Waals surface area contributed by atoms with Crippen molar-refractivity contribution in [3.63, 3.8) is 0 Å². The van der Waals surface area contributed by atoms with Gasteiger partial charge in [-0.05, 0) is 25.5 Å². The molecular weight excluding hydrogens is 316 g/mol. The zero-order valence-electron chi connectivity index (χ0n) is 10.7. The minimum absolute atomic E-state index is 0.161. The number of hydrogen-bond acceptors (Lipinski definition) is 2. The molecule has 0 aliphatic rings. The van der Waals surface area contributed by atoms with Gasteiger partial charge in [-0.1, -0.05) is 28.1 Å². The second kappa shape index (κ2) is 5.77. The fourth-order valence-corrected chi connectivity index (χ4v) is 2.41. The van der Waals surface area contributed by atoms with Crippen molar-refractivity contribution in [1.29, 1.82) is 0 Å². The Morgan fingerprint density at radius 1 is 1.21 bits per heavy atom. The molecule has 2 rings (SSSR count). The van der Waals surface area contributed by atoms with Gasteiger partial charge in [0.1, 0.15) is 11.6 Å². The van der Waals surface area contributed by atoms with Crippen molar-refractivity contribution >= 4 is 15.9 Å². The molecule has 0 aliphatic heterocycles. The van der Waals surface area contributed by atoms with Crippen molar-refractivity contribution in [2.24, 2.45) is 0 Å². The minimum Gasteiger partial charge on any atom is -0.311 e. The van der Waals surface area contributed by atoms with Crippen LogP contribution in [0.3, 0.4) is 0 Å². The monoisotopic (exact) mass is 329 g/mol. The zero-order chi connectivity index (χ0) is 14.0. The lowest BCUT2D eigenvalue weighted by molar-refractivity contribution is 0.497. The molecule has 19 heavy (non-hydrogen) atoms. The molecule has 0 bridgehead atoms. The van der Waals surface area contributed by atoms with Crippen LogP contribution in [0.4, 0.5) is 8.78 Å². The van der Waals surface area contributed by atoms with Gasteiger partial charge in [0.25, 0.3) is 0 Å². The summed E-state index contributed by atoms with van der Waals surface area (Å²) >= 11 is 3.34. The maximum atomic E-state index is 13.7. The fourth-order valence-electron chi connectivity index (χ4n) is 2.02. The molecule has 1 aromatic carbocycles. The van der Waals surface area contributed by atoms with Gasteiger partial charge < -0.3 is 4.57 Å². The second-order valence-corrected chi connectivity index (χ2v) is 5.08. The number of benzene rings is 1. The van der Waals surface area contributed by atoms with E-state index in [2.05, 4.69) is 26.1 Å². The van der Waals surface area contributed by atoms with E-state index < -0.39 is 11.6 Å². The molecule has 1 heterocycles. The van der Waals surface area contributed by atoms with Crippen LogP contribution < -0.4 is 0 Å². The highest BCUT2D eigenvalue weighted by Crippen LogP contribution is 2.19. The van der Waals surface area contributed by atoms with E-state index in [0.717, 1.165) is 11.9 Å². The molecule has 0 unspecified atom stereocenters. The van der Waals surface area contributed by atoms with Gasteiger partial charge in [0.05, 0.1) is 5.33 Å². The zero-order valence-corrected chi connectivity index (χ0v) is 12.3. The summed E-state index contributed by atoms with van der Waals surface area (Å²) in [5.41, 5.74) is 0.287. The highest BCUT2D eigenvalue weighted by Gasteiger charge is 2.16. The van der Waals surface area contributed by atoms with E-state index in [1.807, 2.05) is 18.4 Å². The molecule has 1 aromatic heterocycles. The van der Waals surface area contributed by atoms with E-state index in [4.69, 9.17) is 0 Å². The molecule has 6 heteroatoms. The Morgan fingerprint density at radius 2 is 1.89 bits per heavy atom. The van der Waals surface area contributed by atoms with Crippen LogP contribution in [0.2, 0.25) is 0 Å². The predicted octanol–water partition coefficient (Wildman–Crippen LogP) is 3.62. The number of aromatic nitrogens is 3. The number of hydrogen-bond donors (Lipinski definition) is 0. The first kappa shape index (κ1) is 14.1. The molecule has 0 atom stereocenters. The van der Waals surface area contributed by atoms with E-state index in [9.17, 15) is 8.78 Å². The van der Waals surface area contributed by atoms with Crippen LogP contribution in [-0.4, -0.2) is 14.8 Å². The summed E-state index contributed by atoms with van der Waals surface area (Å²) < 4.78 is 28.8. The summed E-state index contributed by atoms with van der Waals surface area (Å²) in [5, 5.41) is 8.70. The van der Waals surface area contributed by atoms with Crippen molar-refractivity contribution < 1.29 is 8.78 Å². The SMILES string of the molecule is CC(C)n1c(CBr)nnc1Cc1cccc(F)c1F. The van der Waals surface area contributed by atoms with E-state index >= 15 is 0 Å². The molecule has 0 radical (unpaired) electrons. The average Bonchev–Trinajstić information content (AvgIpc) is 2.78. The fraction of sp³-hybridized carbons (Fsp3) is 0.385. The summed E-state index contributed by atoms with van der Waals surface area (Å²) in [5.74, 6) is -0.245. The largest absolute Gasteiger partial charge is 0.311 e. The Bertz CT molecular complexity index is 581. The standard InChI is InChI=1S/C13H14BrF2N3/c1-8(2)19-11(17-18-12(19)7-14)6-9-4-3-5-10(15)13(9)16/h3-5,8H,6-7H2,1-2H3. The highest BCUT2D eigenvalue weighted by molar-refractivity contribution is 9.08. The average molecular weight is 330 g/mol. The van der Waals surface area contributed by atoms with Gasteiger partial charge in [0.15, 0.2) is 11.6 Å². The van der Waals surface area contributed by atoms with Gasteiger partial charge in [0.2, 0.25) is 0 Å². The van der Waals surface area contributed by atoms with Gasteiger partial charge in [-0.3, -0.25) is 0 Å². The lowest BCUT2D eigenvalue weighted by Crippen LogP contribution is -2.10. The number of halogens is 3. The Hall–Kier alpha value is -1.30. The molecule has 0 N–H and O–H groups in total. The Morgan fingerprint density at radius 3 is 2.53 bits per heavy atom. The number of nitrogens with zero attached hydrogens (tertiary/aromatic N) is 3. The minimum atomic E-state index is -0.839. The smallest absolute Gasteiger partial charge is 0.162 e. The van der Waals surface area contributed by atoms with Crippen LogP contribution in [0.1, 0.15) is 37.1 Å². The van der Waals surface area contributed by atoms with Crippen LogP contribution >= 0.6 is 15.9 Å². The summed E-state index contributed by atoms with van der Waals surface area (Å²) in [6.45, 7) is 4.00. The normalized spacial score (nSPS) is 11.3. The Balaban J connectivity index is 2.38. The topological polar surface area (TPSA) is 30.7 Å². The third-order valence-electron chi connectivity index (χ3n) is 2.85. The van der Waals surface area contributed by atoms with Crippen LogP contribution in [0, 0.1) is 11.6 Å². The first-order chi connectivity index (χ1) is 9.04. The van der Waals surface area contributed by atoms with Gasteiger partial charge in [-0.25, -0.2) is 8.78 Å². The summed E-state index contributed by atoms with van der Waals surface area (Å²) in [6.07, 6.45) is 0.224. The van der Waals surface area contributed by atoms with Crippen molar-refractivity contribution in [2.75, 3.05) is 0 Å². The molecule has 2 aromatic rings. The van der Waals surface area contributed by atoms with E-state index in [-0.39, 0.29) is 18.0 Å². The third kappa shape index (κ3) is 2.83.